The third-order valence-electron chi connectivity index (χ3n) is 5.65. The van der Waals surface area contributed by atoms with Crippen LogP contribution in [0.1, 0.15) is 30.9 Å². The highest BCUT2D eigenvalue weighted by Crippen LogP contribution is 2.44. The molecular weight excluding hydrogens is 412 g/mol. The molecule has 170 valence electrons. The highest BCUT2D eigenvalue weighted by Gasteiger charge is 2.36. The zero-order chi connectivity index (χ0) is 23.3. The van der Waals surface area contributed by atoms with E-state index in [9.17, 15) is 19.5 Å². The van der Waals surface area contributed by atoms with Gasteiger partial charge in [-0.25, -0.2) is 9.59 Å². The van der Waals surface area contributed by atoms with E-state index in [0.717, 1.165) is 22.3 Å². The van der Waals surface area contributed by atoms with Crippen molar-refractivity contribution in [3.63, 3.8) is 0 Å². The molecule has 0 aromatic heterocycles. The van der Waals surface area contributed by atoms with Crippen LogP contribution >= 0.6 is 0 Å². The summed E-state index contributed by atoms with van der Waals surface area (Å²) < 4.78 is 10.3. The first kappa shape index (κ1) is 23.3. The number of hydrogen-bond donors (Lipinski definition) is 3. The Bertz CT molecular complexity index is 962. The van der Waals surface area contributed by atoms with E-state index in [1.165, 1.54) is 14.0 Å². The number of ether oxygens (including phenoxy) is 2. The number of fused-ring (bicyclic) bond motifs is 3. The van der Waals surface area contributed by atoms with Crippen LogP contribution in [0.3, 0.4) is 0 Å². The molecule has 0 saturated carbocycles. The van der Waals surface area contributed by atoms with E-state index in [1.54, 1.807) is 6.92 Å². The first-order valence-electron chi connectivity index (χ1n) is 10.4. The summed E-state index contributed by atoms with van der Waals surface area (Å²) in [5.41, 5.74) is 2.95. The minimum absolute atomic E-state index is 0.00515. The number of benzene rings is 2. The average molecular weight is 440 g/mol. The van der Waals surface area contributed by atoms with Gasteiger partial charge >= 0.3 is 12.1 Å². The molecule has 2 aromatic carbocycles. The van der Waals surface area contributed by atoms with E-state index in [4.69, 9.17) is 9.47 Å². The van der Waals surface area contributed by atoms with Crippen LogP contribution in [0.4, 0.5) is 4.79 Å². The number of amides is 2. The zero-order valence-corrected chi connectivity index (χ0v) is 18.4. The van der Waals surface area contributed by atoms with Crippen LogP contribution in [-0.4, -0.2) is 55.5 Å². The average Bonchev–Trinajstić information content (AvgIpc) is 3.09. The number of hydrogen-bond acceptors (Lipinski definition) is 5. The minimum Gasteiger partial charge on any atom is -0.479 e. The Morgan fingerprint density at radius 1 is 1.06 bits per heavy atom. The lowest BCUT2D eigenvalue weighted by Crippen LogP contribution is -2.57. The summed E-state index contributed by atoms with van der Waals surface area (Å²) >= 11 is 0. The normalized spacial score (nSPS) is 15.1. The topological polar surface area (TPSA) is 114 Å². The largest absolute Gasteiger partial charge is 0.479 e. The molecule has 2 atom stereocenters. The molecular formula is C24H28N2O6. The standard InChI is InChI=1S/C24H28N2O6/c1-15(21(27)26-24(2,14-31-3)22(28)29)12-25-23(30)32-13-20-18-10-6-4-8-16(18)17-9-5-7-11-19(17)20/h4-11,15,20H,12-14H2,1-3H3,(H,25,30)(H,26,27)(H,28,29). The number of nitrogens with one attached hydrogen (secondary N) is 2. The summed E-state index contributed by atoms with van der Waals surface area (Å²) in [4.78, 5) is 36.1. The second kappa shape index (κ2) is 9.82. The summed E-state index contributed by atoms with van der Waals surface area (Å²) in [5, 5.41) is 14.4. The van der Waals surface area contributed by atoms with Gasteiger partial charge in [-0.05, 0) is 29.2 Å². The molecule has 8 nitrogen and oxygen atoms in total. The van der Waals surface area contributed by atoms with Crippen LogP contribution in [0.25, 0.3) is 11.1 Å². The Kier molecular flexibility index (Phi) is 7.15. The molecule has 1 aliphatic carbocycles. The van der Waals surface area contributed by atoms with Crippen LogP contribution in [0.5, 0.6) is 0 Å². The summed E-state index contributed by atoms with van der Waals surface area (Å²) in [7, 11) is 1.36. The number of rotatable bonds is 9. The van der Waals surface area contributed by atoms with E-state index in [2.05, 4.69) is 22.8 Å². The maximum absolute atomic E-state index is 12.4. The van der Waals surface area contributed by atoms with Crippen molar-refractivity contribution in [2.75, 3.05) is 26.9 Å². The number of alkyl carbamates (subject to hydrolysis) is 1. The Balaban J connectivity index is 1.54. The Labute approximate surface area is 186 Å². The van der Waals surface area contributed by atoms with E-state index < -0.39 is 29.4 Å². The number of carboxylic acid groups (broad SMARTS) is 1. The van der Waals surface area contributed by atoms with Gasteiger partial charge in [-0.3, -0.25) is 4.79 Å². The van der Waals surface area contributed by atoms with Crippen molar-refractivity contribution in [1.29, 1.82) is 0 Å². The SMILES string of the molecule is COCC(C)(NC(=O)C(C)CNC(=O)OCC1c2ccccc2-c2ccccc21)C(=O)O. The molecule has 0 bridgehead atoms. The lowest BCUT2D eigenvalue weighted by molar-refractivity contribution is -0.149. The van der Waals surface area contributed by atoms with Crippen LogP contribution in [-0.2, 0) is 19.1 Å². The van der Waals surface area contributed by atoms with Gasteiger partial charge in [0.2, 0.25) is 5.91 Å². The minimum atomic E-state index is -1.55. The van der Waals surface area contributed by atoms with Crippen molar-refractivity contribution >= 4 is 18.0 Å². The van der Waals surface area contributed by atoms with E-state index in [-0.39, 0.29) is 25.7 Å². The molecule has 1 aliphatic rings. The van der Waals surface area contributed by atoms with Gasteiger partial charge in [-0.15, -0.1) is 0 Å². The van der Waals surface area contributed by atoms with Gasteiger partial charge < -0.3 is 25.2 Å². The molecule has 8 heteroatoms. The lowest BCUT2D eigenvalue weighted by atomic mass is 9.98. The predicted molar refractivity (Wildman–Crippen MR) is 118 cm³/mol. The fraction of sp³-hybridized carbons (Fsp3) is 0.375. The number of carbonyl (C=O) groups is 3. The van der Waals surface area contributed by atoms with E-state index in [0.29, 0.717) is 0 Å². The number of carbonyl (C=O) groups excluding carboxylic acids is 2. The molecule has 0 aliphatic heterocycles. The lowest BCUT2D eigenvalue weighted by Gasteiger charge is -2.27. The molecule has 3 N–H and O–H groups in total. The molecule has 2 aromatic rings. The van der Waals surface area contributed by atoms with Gasteiger partial charge in [0, 0.05) is 19.6 Å². The maximum atomic E-state index is 12.4. The predicted octanol–water partition coefficient (Wildman–Crippen LogP) is 2.77. The van der Waals surface area contributed by atoms with Crippen LogP contribution < -0.4 is 10.6 Å². The molecule has 0 heterocycles. The quantitative estimate of drug-likeness (QED) is 0.553. The molecule has 0 radical (unpaired) electrons. The van der Waals surface area contributed by atoms with Gasteiger partial charge in [0.15, 0.2) is 5.54 Å². The smallest absolute Gasteiger partial charge is 0.407 e. The molecule has 0 saturated heterocycles. The second-order valence-corrected chi connectivity index (χ2v) is 8.17. The molecule has 0 spiro atoms. The highest BCUT2D eigenvalue weighted by atomic mass is 16.5. The van der Waals surface area contributed by atoms with Gasteiger partial charge in [0.05, 0.1) is 12.5 Å². The molecule has 0 fully saturated rings. The van der Waals surface area contributed by atoms with Crippen molar-refractivity contribution in [3.8, 4) is 11.1 Å². The fourth-order valence-corrected chi connectivity index (χ4v) is 3.81. The molecule has 3 rings (SSSR count). The monoisotopic (exact) mass is 440 g/mol. The van der Waals surface area contributed by atoms with Gasteiger partial charge in [-0.2, -0.15) is 0 Å². The first-order chi connectivity index (χ1) is 15.3. The Hall–Kier alpha value is -3.39. The van der Waals surface area contributed by atoms with Crippen molar-refractivity contribution in [2.45, 2.75) is 25.3 Å². The highest BCUT2D eigenvalue weighted by molar-refractivity contribution is 5.88. The van der Waals surface area contributed by atoms with Gasteiger partial charge in [-0.1, -0.05) is 55.5 Å². The third-order valence-corrected chi connectivity index (χ3v) is 5.65. The third kappa shape index (κ3) is 4.91. The molecule has 2 amide bonds. The number of aliphatic carboxylic acids is 1. The van der Waals surface area contributed by atoms with E-state index >= 15 is 0 Å². The van der Waals surface area contributed by atoms with Crippen LogP contribution in [0, 0.1) is 5.92 Å². The second-order valence-electron chi connectivity index (χ2n) is 8.17. The fourth-order valence-electron chi connectivity index (χ4n) is 3.81. The first-order valence-corrected chi connectivity index (χ1v) is 10.4. The van der Waals surface area contributed by atoms with Crippen molar-refractivity contribution < 1.29 is 29.0 Å². The van der Waals surface area contributed by atoms with Crippen molar-refractivity contribution in [3.05, 3.63) is 59.7 Å². The summed E-state index contributed by atoms with van der Waals surface area (Å²) in [6.07, 6.45) is -0.635. The Morgan fingerprint density at radius 2 is 1.62 bits per heavy atom. The van der Waals surface area contributed by atoms with Gasteiger partial charge in [0.25, 0.3) is 0 Å². The maximum Gasteiger partial charge on any atom is 0.407 e. The molecule has 2 unspecified atom stereocenters. The van der Waals surface area contributed by atoms with Gasteiger partial charge in [0.1, 0.15) is 6.61 Å². The number of carboxylic acids is 1. The van der Waals surface area contributed by atoms with Crippen LogP contribution in [0.15, 0.2) is 48.5 Å². The summed E-state index contributed by atoms with van der Waals surface area (Å²) in [6.45, 7) is 2.95. The Morgan fingerprint density at radius 3 is 2.16 bits per heavy atom. The summed E-state index contributed by atoms with van der Waals surface area (Å²) in [5.74, 6) is -2.43. The summed E-state index contributed by atoms with van der Waals surface area (Å²) in [6, 6.07) is 16.1. The van der Waals surface area contributed by atoms with Crippen molar-refractivity contribution in [1.82, 2.24) is 10.6 Å². The zero-order valence-electron chi connectivity index (χ0n) is 18.4. The van der Waals surface area contributed by atoms with E-state index in [1.807, 2.05) is 36.4 Å². The van der Waals surface area contributed by atoms with Crippen molar-refractivity contribution in [2.24, 2.45) is 5.92 Å². The molecule has 32 heavy (non-hydrogen) atoms. The number of methoxy groups -OCH3 is 1. The van der Waals surface area contributed by atoms with Crippen LogP contribution in [0.2, 0.25) is 0 Å².